The van der Waals surface area contributed by atoms with Gasteiger partial charge >= 0.3 is 0 Å². The average molecular weight is 466 g/mol. The number of carbonyl (C=O) groups is 1. The molecule has 3 aliphatic rings. The van der Waals surface area contributed by atoms with Gasteiger partial charge in [0, 0.05) is 49.7 Å². The number of anilines is 2. The van der Waals surface area contributed by atoms with E-state index in [9.17, 15) is 4.79 Å². The molecule has 1 N–H and O–H groups in total. The number of hydrogen-bond donors (Lipinski definition) is 1. The minimum absolute atomic E-state index is 0.0174. The van der Waals surface area contributed by atoms with Gasteiger partial charge in [-0.1, -0.05) is 36.8 Å². The summed E-state index contributed by atoms with van der Waals surface area (Å²) in [6.45, 7) is 4.65. The Hall–Kier alpha value is -3.13. The van der Waals surface area contributed by atoms with Gasteiger partial charge in [0.25, 0.3) is 5.91 Å². The summed E-state index contributed by atoms with van der Waals surface area (Å²) < 4.78 is 1.77. The highest BCUT2D eigenvalue weighted by Crippen LogP contribution is 2.31. The van der Waals surface area contributed by atoms with Crippen LogP contribution >= 0.6 is 11.6 Å². The molecule has 0 aromatic carbocycles. The third-order valence-electron chi connectivity index (χ3n) is 6.63. The maximum absolute atomic E-state index is 12.8. The number of halogens is 1. The maximum Gasteiger partial charge on any atom is 0.251 e. The Balaban J connectivity index is 1.36. The van der Waals surface area contributed by atoms with Crippen LogP contribution in [0.3, 0.4) is 0 Å². The Kier molecular flexibility index (Phi) is 5.93. The summed E-state index contributed by atoms with van der Waals surface area (Å²) in [6.07, 6.45) is 15.7. The molecule has 2 unspecified atom stereocenters. The first kappa shape index (κ1) is 21.7. The van der Waals surface area contributed by atoms with Crippen LogP contribution in [0.15, 0.2) is 60.2 Å². The summed E-state index contributed by atoms with van der Waals surface area (Å²) in [5.41, 5.74) is 1.63. The van der Waals surface area contributed by atoms with Gasteiger partial charge in [-0.15, -0.1) is 0 Å². The summed E-state index contributed by atoms with van der Waals surface area (Å²) in [5, 5.41) is 8.09. The smallest absolute Gasteiger partial charge is 0.251 e. The number of amides is 1. The van der Waals surface area contributed by atoms with Crippen molar-refractivity contribution in [3.8, 4) is 0 Å². The van der Waals surface area contributed by atoms with Crippen molar-refractivity contribution in [1.82, 2.24) is 24.6 Å². The predicted octanol–water partition coefficient (Wildman–Crippen LogP) is 3.51. The molecule has 2 aromatic rings. The van der Waals surface area contributed by atoms with Gasteiger partial charge < -0.3 is 15.1 Å². The van der Waals surface area contributed by atoms with E-state index in [4.69, 9.17) is 16.6 Å². The Morgan fingerprint density at radius 1 is 1.24 bits per heavy atom. The second-order valence-electron chi connectivity index (χ2n) is 9.02. The Bertz CT molecular complexity index is 1120. The normalized spacial score (nSPS) is 23.3. The Morgan fingerprint density at radius 3 is 2.82 bits per heavy atom. The van der Waals surface area contributed by atoms with E-state index >= 15 is 0 Å². The Morgan fingerprint density at radius 2 is 2.06 bits per heavy atom. The van der Waals surface area contributed by atoms with Crippen molar-refractivity contribution in [2.75, 3.05) is 30.4 Å². The van der Waals surface area contributed by atoms with Gasteiger partial charge in [0.1, 0.15) is 5.02 Å². The van der Waals surface area contributed by atoms with Gasteiger partial charge in [-0.05, 0) is 30.9 Å². The quantitative estimate of drug-likeness (QED) is 0.728. The summed E-state index contributed by atoms with van der Waals surface area (Å²) in [6, 6.07) is 1.84. The molecule has 0 bridgehead atoms. The van der Waals surface area contributed by atoms with Crippen molar-refractivity contribution >= 4 is 29.3 Å². The molecule has 2 atom stereocenters. The molecule has 9 heteroatoms. The molecule has 172 valence electrons. The summed E-state index contributed by atoms with van der Waals surface area (Å²) in [7, 11) is 1.85. The van der Waals surface area contributed by atoms with E-state index in [1.54, 1.807) is 22.0 Å². The second kappa shape index (κ2) is 9.02. The van der Waals surface area contributed by atoms with Crippen molar-refractivity contribution in [3.63, 3.8) is 0 Å². The minimum Gasteiger partial charge on any atom is -0.341 e. The molecular weight excluding hydrogens is 438 g/mol. The number of aromatic nitrogens is 4. The lowest BCUT2D eigenvalue weighted by Gasteiger charge is -2.37. The molecule has 8 nitrogen and oxygen atoms in total. The van der Waals surface area contributed by atoms with Crippen LogP contribution in [0.1, 0.15) is 19.8 Å². The molecule has 1 aliphatic carbocycles. The molecule has 4 heterocycles. The van der Waals surface area contributed by atoms with Gasteiger partial charge in [-0.25, -0.2) is 4.98 Å². The second-order valence-corrected chi connectivity index (χ2v) is 9.43. The lowest BCUT2D eigenvalue weighted by atomic mass is 9.87. The van der Waals surface area contributed by atoms with E-state index in [2.05, 4.69) is 33.3 Å². The van der Waals surface area contributed by atoms with Gasteiger partial charge in [0.05, 0.1) is 18.8 Å². The number of likely N-dealkylation sites (N-methyl/N-ethyl adjacent to an activating group) is 1. The molecule has 2 aliphatic heterocycles. The number of hydrogen-bond acceptors (Lipinski definition) is 6. The maximum atomic E-state index is 12.8. The van der Waals surface area contributed by atoms with E-state index < -0.39 is 0 Å². The highest BCUT2D eigenvalue weighted by atomic mass is 35.5. The SMILES string of the molecule is CC1CCN(c2ncc(Cl)c(NC3=CC4C=C(Cn5cccn5)C(=O)N(C)C4C=C3)n2)CC1. The first-order valence-electron chi connectivity index (χ1n) is 11.4. The number of allylic oxidation sites excluding steroid dienone is 1. The minimum atomic E-state index is -0.0174. The van der Waals surface area contributed by atoms with E-state index in [1.165, 1.54) is 0 Å². The Labute approximate surface area is 198 Å². The zero-order chi connectivity index (χ0) is 22.9. The van der Waals surface area contributed by atoms with Crippen molar-refractivity contribution in [2.45, 2.75) is 32.4 Å². The molecule has 2 aromatic heterocycles. The highest BCUT2D eigenvalue weighted by molar-refractivity contribution is 6.32. The third-order valence-corrected chi connectivity index (χ3v) is 6.90. The summed E-state index contributed by atoms with van der Waals surface area (Å²) in [5.74, 6) is 2.12. The fourth-order valence-corrected chi connectivity index (χ4v) is 4.75. The monoisotopic (exact) mass is 465 g/mol. The zero-order valence-corrected chi connectivity index (χ0v) is 19.6. The van der Waals surface area contributed by atoms with E-state index in [1.807, 2.05) is 37.5 Å². The van der Waals surface area contributed by atoms with Crippen LogP contribution in [-0.2, 0) is 11.3 Å². The molecule has 5 rings (SSSR count). The number of nitrogens with zero attached hydrogens (tertiary/aromatic N) is 6. The molecule has 0 radical (unpaired) electrons. The van der Waals surface area contributed by atoms with Crippen LogP contribution < -0.4 is 10.2 Å². The first-order chi connectivity index (χ1) is 16.0. The predicted molar refractivity (Wildman–Crippen MR) is 129 cm³/mol. The lowest BCUT2D eigenvalue weighted by Crippen LogP contribution is -2.45. The zero-order valence-electron chi connectivity index (χ0n) is 18.9. The average Bonchev–Trinajstić information content (AvgIpc) is 3.32. The first-order valence-corrected chi connectivity index (χ1v) is 11.8. The number of piperidine rings is 1. The van der Waals surface area contributed by atoms with Crippen molar-refractivity contribution in [3.05, 3.63) is 65.3 Å². The van der Waals surface area contributed by atoms with Crippen LogP contribution in [0.25, 0.3) is 0 Å². The summed E-state index contributed by atoms with van der Waals surface area (Å²) >= 11 is 6.43. The number of rotatable bonds is 5. The van der Waals surface area contributed by atoms with Crippen LogP contribution in [-0.4, -0.2) is 56.7 Å². The van der Waals surface area contributed by atoms with Crippen LogP contribution in [0.4, 0.5) is 11.8 Å². The van der Waals surface area contributed by atoms with Crippen LogP contribution in [0, 0.1) is 11.8 Å². The van der Waals surface area contributed by atoms with Crippen molar-refractivity contribution < 1.29 is 4.79 Å². The van der Waals surface area contributed by atoms with Crippen molar-refractivity contribution in [1.29, 1.82) is 0 Å². The molecule has 1 fully saturated rings. The van der Waals surface area contributed by atoms with Gasteiger partial charge in [0.2, 0.25) is 5.95 Å². The van der Waals surface area contributed by atoms with Gasteiger partial charge in [0.15, 0.2) is 5.82 Å². The number of carbonyl (C=O) groups excluding carboxylic acids is 1. The largest absolute Gasteiger partial charge is 0.341 e. The van der Waals surface area contributed by atoms with E-state index in [-0.39, 0.29) is 17.9 Å². The van der Waals surface area contributed by atoms with Crippen LogP contribution in [0.2, 0.25) is 5.02 Å². The number of nitrogens with one attached hydrogen (secondary N) is 1. The topological polar surface area (TPSA) is 79.2 Å². The molecule has 0 spiro atoms. The van der Waals surface area contributed by atoms with Crippen LogP contribution in [0.5, 0.6) is 0 Å². The van der Waals surface area contributed by atoms with Gasteiger partial charge in [-0.3, -0.25) is 9.48 Å². The molecular formula is C24H28ClN7O. The molecule has 1 amide bonds. The molecule has 0 saturated carbocycles. The third kappa shape index (κ3) is 4.53. The standard InChI is InChI=1S/C24H28ClN7O/c1-16-6-10-31(11-7-16)24-26-14-20(25)22(29-24)28-19-4-5-21-17(13-19)12-18(23(33)30(21)2)15-32-9-3-8-27-32/h3-5,8-9,12-14,16-17,21H,6-7,10-11,15H2,1-2H3,(H,26,28,29). The van der Waals surface area contributed by atoms with E-state index in [0.29, 0.717) is 23.3 Å². The molecule has 1 saturated heterocycles. The molecule has 33 heavy (non-hydrogen) atoms. The number of fused-ring (bicyclic) bond motifs is 1. The lowest BCUT2D eigenvalue weighted by molar-refractivity contribution is -0.128. The summed E-state index contributed by atoms with van der Waals surface area (Å²) in [4.78, 5) is 26.0. The fraction of sp³-hybridized carbons (Fsp3) is 0.417. The fourth-order valence-electron chi connectivity index (χ4n) is 4.61. The van der Waals surface area contributed by atoms with Gasteiger partial charge in [-0.2, -0.15) is 10.1 Å². The highest BCUT2D eigenvalue weighted by Gasteiger charge is 2.33. The van der Waals surface area contributed by atoms with Crippen molar-refractivity contribution in [2.24, 2.45) is 11.8 Å². The van der Waals surface area contributed by atoms with E-state index in [0.717, 1.165) is 43.1 Å².